The Morgan fingerprint density at radius 1 is 0.909 bits per heavy atom. The Hall–Kier alpha value is -3.03. The van der Waals surface area contributed by atoms with Gasteiger partial charge in [0.15, 0.2) is 0 Å². The molecule has 0 unspecified atom stereocenters. The van der Waals surface area contributed by atoms with Crippen LogP contribution in [0.4, 0.5) is 0 Å². The maximum Gasteiger partial charge on any atom is 0.266 e. The summed E-state index contributed by atoms with van der Waals surface area (Å²) >= 11 is 1.45. The van der Waals surface area contributed by atoms with Gasteiger partial charge in [-0.15, -0.1) is 11.3 Å². The highest BCUT2D eigenvalue weighted by atomic mass is 32.1. The molecule has 1 aliphatic rings. The molecule has 172 valence electrons. The van der Waals surface area contributed by atoms with Crippen LogP contribution in [0.1, 0.15) is 30.4 Å². The number of amides is 2. The fourth-order valence-corrected chi connectivity index (χ4v) is 4.94. The first-order chi connectivity index (χ1) is 15.8. The third-order valence-electron chi connectivity index (χ3n) is 5.43. The molecular formula is C26H30N4O2S. The van der Waals surface area contributed by atoms with E-state index < -0.39 is 0 Å². The molecule has 0 saturated carbocycles. The number of hydrogen-bond donors (Lipinski definition) is 1. The highest BCUT2D eigenvalue weighted by Gasteiger charge is 2.28. The number of rotatable bonds is 5. The van der Waals surface area contributed by atoms with E-state index in [1.807, 2.05) is 86.3 Å². The van der Waals surface area contributed by atoms with Crippen molar-refractivity contribution in [3.05, 3.63) is 65.5 Å². The number of thiazole rings is 1. The lowest BCUT2D eigenvalue weighted by molar-refractivity contribution is -0.124. The zero-order valence-corrected chi connectivity index (χ0v) is 20.2. The number of carbonyl (C=O) groups excluding carboxylic acids is 2. The van der Waals surface area contributed by atoms with Gasteiger partial charge >= 0.3 is 0 Å². The minimum absolute atomic E-state index is 0.00678. The van der Waals surface area contributed by atoms with E-state index >= 15 is 0 Å². The molecule has 4 rings (SSSR count). The number of piperazine rings is 1. The molecule has 1 aliphatic heterocycles. The zero-order valence-electron chi connectivity index (χ0n) is 19.4. The van der Waals surface area contributed by atoms with E-state index in [4.69, 9.17) is 4.98 Å². The second kappa shape index (κ2) is 9.85. The molecule has 0 bridgehead atoms. The summed E-state index contributed by atoms with van der Waals surface area (Å²) in [4.78, 5) is 35.3. The van der Waals surface area contributed by atoms with Crippen molar-refractivity contribution < 1.29 is 9.59 Å². The number of hydrogen-bond acceptors (Lipinski definition) is 5. The minimum atomic E-state index is -0.245. The fraction of sp³-hybridized carbons (Fsp3) is 0.346. The summed E-state index contributed by atoms with van der Waals surface area (Å²) in [6.07, 6.45) is 0. The second-order valence-electron chi connectivity index (χ2n) is 9.30. The topological polar surface area (TPSA) is 65.5 Å². The summed E-state index contributed by atoms with van der Waals surface area (Å²) in [7, 11) is 0. The Balaban J connectivity index is 1.50. The molecule has 2 aromatic carbocycles. The Morgan fingerprint density at radius 2 is 1.48 bits per heavy atom. The van der Waals surface area contributed by atoms with Crippen LogP contribution < -0.4 is 5.32 Å². The van der Waals surface area contributed by atoms with Gasteiger partial charge in [-0.1, -0.05) is 60.7 Å². The molecule has 6 nitrogen and oxygen atoms in total. The van der Waals surface area contributed by atoms with Crippen molar-refractivity contribution >= 4 is 23.2 Å². The first kappa shape index (κ1) is 23.1. The van der Waals surface area contributed by atoms with Gasteiger partial charge in [0, 0.05) is 42.8 Å². The van der Waals surface area contributed by atoms with E-state index in [1.165, 1.54) is 11.3 Å². The van der Waals surface area contributed by atoms with Gasteiger partial charge in [0.25, 0.3) is 5.91 Å². The summed E-state index contributed by atoms with van der Waals surface area (Å²) in [5.74, 6) is 0.0240. The van der Waals surface area contributed by atoms with E-state index in [1.54, 1.807) is 0 Å². The number of aromatic nitrogens is 1. The lowest BCUT2D eigenvalue weighted by Gasteiger charge is -2.34. The van der Waals surface area contributed by atoms with Crippen LogP contribution in [0.5, 0.6) is 0 Å². The van der Waals surface area contributed by atoms with Crippen LogP contribution >= 0.6 is 11.3 Å². The number of carbonyl (C=O) groups is 2. The molecule has 1 fully saturated rings. The van der Waals surface area contributed by atoms with Gasteiger partial charge in [0.1, 0.15) is 9.88 Å². The van der Waals surface area contributed by atoms with Crippen molar-refractivity contribution in [1.29, 1.82) is 0 Å². The van der Waals surface area contributed by atoms with E-state index in [-0.39, 0.29) is 17.4 Å². The van der Waals surface area contributed by atoms with Crippen LogP contribution in [-0.2, 0) is 4.79 Å². The molecule has 0 radical (unpaired) electrons. The van der Waals surface area contributed by atoms with Gasteiger partial charge in [0.05, 0.1) is 12.2 Å². The number of nitrogens with one attached hydrogen (secondary N) is 1. The smallest absolute Gasteiger partial charge is 0.266 e. The molecule has 7 heteroatoms. The molecule has 0 atom stereocenters. The Labute approximate surface area is 199 Å². The van der Waals surface area contributed by atoms with E-state index in [2.05, 4.69) is 10.2 Å². The highest BCUT2D eigenvalue weighted by molar-refractivity contribution is 7.17. The van der Waals surface area contributed by atoms with Gasteiger partial charge in [-0.25, -0.2) is 4.98 Å². The van der Waals surface area contributed by atoms with Crippen molar-refractivity contribution in [2.75, 3.05) is 32.7 Å². The molecule has 0 spiro atoms. The third kappa shape index (κ3) is 5.86. The van der Waals surface area contributed by atoms with Crippen molar-refractivity contribution in [3.63, 3.8) is 0 Å². The summed E-state index contributed by atoms with van der Waals surface area (Å²) in [6.45, 7) is 8.82. The largest absolute Gasteiger partial charge is 0.350 e. The molecule has 1 N–H and O–H groups in total. The van der Waals surface area contributed by atoms with Gasteiger partial charge in [-0.2, -0.15) is 0 Å². The van der Waals surface area contributed by atoms with Gasteiger partial charge in [-0.05, 0) is 20.8 Å². The molecule has 2 heterocycles. The van der Waals surface area contributed by atoms with Crippen LogP contribution in [0, 0.1) is 0 Å². The summed E-state index contributed by atoms with van der Waals surface area (Å²) in [5.41, 5.74) is 2.44. The Kier molecular flexibility index (Phi) is 6.91. The highest BCUT2D eigenvalue weighted by Crippen LogP contribution is 2.34. The maximum atomic E-state index is 13.6. The van der Waals surface area contributed by atoms with E-state index in [0.717, 1.165) is 21.8 Å². The summed E-state index contributed by atoms with van der Waals surface area (Å²) in [5, 5.41) is 3.85. The fourth-order valence-electron chi connectivity index (χ4n) is 3.87. The standard InChI is InChI=1S/C26H30N4O2S/c1-26(2,3)28-21(31)18-29-14-16-30(17-15-29)25(32)23-22(19-10-6-4-7-11-19)27-24(33-23)20-12-8-5-9-13-20/h4-13H,14-18H2,1-3H3,(H,28,31). The van der Waals surface area contributed by atoms with Gasteiger partial charge in [0.2, 0.25) is 5.91 Å². The predicted octanol–water partition coefficient (Wildman–Crippen LogP) is 4.15. The Bertz CT molecular complexity index is 1100. The van der Waals surface area contributed by atoms with Crippen LogP contribution in [-0.4, -0.2) is 64.9 Å². The van der Waals surface area contributed by atoms with Crippen molar-refractivity contribution in [3.8, 4) is 21.8 Å². The molecule has 33 heavy (non-hydrogen) atoms. The summed E-state index contributed by atoms with van der Waals surface area (Å²) < 4.78 is 0. The van der Waals surface area contributed by atoms with Crippen molar-refractivity contribution in [1.82, 2.24) is 20.1 Å². The first-order valence-corrected chi connectivity index (χ1v) is 12.1. The van der Waals surface area contributed by atoms with Gasteiger partial charge in [-0.3, -0.25) is 14.5 Å². The Morgan fingerprint density at radius 3 is 2.06 bits per heavy atom. The van der Waals surface area contributed by atoms with Crippen molar-refractivity contribution in [2.45, 2.75) is 26.3 Å². The second-order valence-corrected chi connectivity index (χ2v) is 10.3. The molecule has 3 aromatic rings. The summed E-state index contributed by atoms with van der Waals surface area (Å²) in [6, 6.07) is 19.8. The van der Waals surface area contributed by atoms with Crippen LogP contribution in [0.2, 0.25) is 0 Å². The quantitative estimate of drug-likeness (QED) is 0.619. The maximum absolute atomic E-state index is 13.6. The van der Waals surface area contributed by atoms with Crippen molar-refractivity contribution in [2.24, 2.45) is 0 Å². The number of nitrogens with zero attached hydrogens (tertiary/aromatic N) is 3. The minimum Gasteiger partial charge on any atom is -0.350 e. The van der Waals surface area contributed by atoms with Crippen LogP contribution in [0.3, 0.4) is 0 Å². The van der Waals surface area contributed by atoms with Crippen LogP contribution in [0.15, 0.2) is 60.7 Å². The average molecular weight is 463 g/mol. The lowest BCUT2D eigenvalue weighted by atomic mass is 10.1. The lowest BCUT2D eigenvalue weighted by Crippen LogP contribution is -2.52. The molecule has 1 aromatic heterocycles. The molecule has 2 amide bonds. The normalized spacial score (nSPS) is 14.8. The molecule has 0 aliphatic carbocycles. The van der Waals surface area contributed by atoms with E-state index in [9.17, 15) is 9.59 Å². The van der Waals surface area contributed by atoms with Crippen LogP contribution in [0.25, 0.3) is 21.8 Å². The molecule has 1 saturated heterocycles. The van der Waals surface area contributed by atoms with Gasteiger partial charge < -0.3 is 10.2 Å². The van der Waals surface area contributed by atoms with E-state index in [0.29, 0.717) is 37.6 Å². The first-order valence-electron chi connectivity index (χ1n) is 11.2. The number of benzene rings is 2. The third-order valence-corrected chi connectivity index (χ3v) is 6.52. The monoisotopic (exact) mass is 462 g/mol. The average Bonchev–Trinajstić information content (AvgIpc) is 3.24. The molecular weight excluding hydrogens is 432 g/mol. The zero-order chi connectivity index (χ0) is 23.4. The SMILES string of the molecule is CC(C)(C)NC(=O)CN1CCN(C(=O)c2sc(-c3ccccc3)nc2-c2ccccc2)CC1. The predicted molar refractivity (Wildman–Crippen MR) is 133 cm³/mol.